The largest absolute Gasteiger partial charge is 0.379 e. The van der Waals surface area contributed by atoms with Gasteiger partial charge < -0.3 is 10.1 Å². The summed E-state index contributed by atoms with van der Waals surface area (Å²) in [5.41, 5.74) is 1.26. The Kier molecular flexibility index (Phi) is 8.77. The lowest BCUT2D eigenvalue weighted by atomic mass is 9.89. The van der Waals surface area contributed by atoms with Gasteiger partial charge in [0.1, 0.15) is 0 Å². The quantitative estimate of drug-likeness (QED) is 0.708. The summed E-state index contributed by atoms with van der Waals surface area (Å²) in [4.78, 5) is 17.5. The minimum atomic E-state index is 0.162. The van der Waals surface area contributed by atoms with Gasteiger partial charge in [0.2, 0.25) is 5.91 Å². The molecule has 2 aliphatic rings. The van der Waals surface area contributed by atoms with Crippen LogP contribution in [0.25, 0.3) is 0 Å². The van der Waals surface area contributed by atoms with Crippen molar-refractivity contribution in [2.75, 3.05) is 45.9 Å². The van der Waals surface area contributed by atoms with Crippen molar-refractivity contribution in [2.45, 2.75) is 51.6 Å². The molecule has 156 valence electrons. The zero-order valence-corrected chi connectivity index (χ0v) is 17.4. The molecule has 1 saturated carbocycles. The molecule has 1 saturated heterocycles. The van der Waals surface area contributed by atoms with E-state index in [0.717, 1.165) is 45.9 Å². The second kappa shape index (κ2) is 11.5. The highest BCUT2D eigenvalue weighted by molar-refractivity contribution is 5.78. The molecule has 0 bridgehead atoms. The van der Waals surface area contributed by atoms with Crippen molar-refractivity contribution in [1.82, 2.24) is 15.1 Å². The van der Waals surface area contributed by atoms with Crippen molar-refractivity contribution in [3.63, 3.8) is 0 Å². The number of carbonyl (C=O) groups is 1. The van der Waals surface area contributed by atoms with E-state index >= 15 is 0 Å². The van der Waals surface area contributed by atoms with Crippen LogP contribution in [0.3, 0.4) is 0 Å². The molecule has 28 heavy (non-hydrogen) atoms. The van der Waals surface area contributed by atoms with E-state index in [4.69, 9.17) is 4.74 Å². The highest BCUT2D eigenvalue weighted by atomic mass is 16.5. The van der Waals surface area contributed by atoms with Crippen molar-refractivity contribution in [3.8, 4) is 0 Å². The van der Waals surface area contributed by atoms with Gasteiger partial charge in [0.05, 0.1) is 19.8 Å². The van der Waals surface area contributed by atoms with Gasteiger partial charge in [-0.3, -0.25) is 14.6 Å². The Morgan fingerprint density at radius 3 is 2.61 bits per heavy atom. The predicted octanol–water partition coefficient (Wildman–Crippen LogP) is 2.91. The summed E-state index contributed by atoms with van der Waals surface area (Å²) in [5.74, 6) is 0.835. The Morgan fingerprint density at radius 1 is 1.18 bits per heavy atom. The summed E-state index contributed by atoms with van der Waals surface area (Å²) in [6, 6.07) is 10.8. The number of morpholine rings is 1. The van der Waals surface area contributed by atoms with Crippen molar-refractivity contribution in [3.05, 3.63) is 35.9 Å². The normalized spacial score (nSPS) is 20.2. The molecule has 0 spiro atoms. The average molecular weight is 388 g/mol. The molecule has 1 atom stereocenters. The number of hydrogen-bond donors (Lipinski definition) is 1. The number of benzene rings is 1. The number of nitrogens with one attached hydrogen (secondary N) is 1. The van der Waals surface area contributed by atoms with Gasteiger partial charge >= 0.3 is 0 Å². The van der Waals surface area contributed by atoms with Crippen LogP contribution in [0.1, 0.15) is 44.6 Å². The van der Waals surface area contributed by atoms with Crippen LogP contribution >= 0.6 is 0 Å². The fourth-order valence-corrected chi connectivity index (χ4v) is 4.35. The van der Waals surface area contributed by atoms with Gasteiger partial charge in [0, 0.05) is 38.8 Å². The molecule has 1 heterocycles. The number of rotatable bonds is 9. The lowest BCUT2D eigenvalue weighted by Crippen LogP contribution is -2.49. The number of hydrogen-bond acceptors (Lipinski definition) is 4. The van der Waals surface area contributed by atoms with E-state index in [9.17, 15) is 4.79 Å². The van der Waals surface area contributed by atoms with E-state index in [-0.39, 0.29) is 5.91 Å². The fourth-order valence-electron chi connectivity index (χ4n) is 4.35. The van der Waals surface area contributed by atoms with E-state index in [1.807, 2.05) is 6.07 Å². The molecule has 3 rings (SSSR count). The van der Waals surface area contributed by atoms with Crippen molar-refractivity contribution >= 4 is 5.91 Å². The number of carbonyl (C=O) groups excluding carboxylic acids is 1. The maximum atomic E-state index is 12.7. The van der Waals surface area contributed by atoms with E-state index in [1.165, 1.54) is 37.7 Å². The first-order chi connectivity index (χ1) is 13.7. The first-order valence-electron chi connectivity index (χ1n) is 11.1. The summed E-state index contributed by atoms with van der Waals surface area (Å²) in [6.07, 6.45) is 6.52. The number of ether oxygens (including phenoxy) is 1. The first kappa shape index (κ1) is 21.3. The Morgan fingerprint density at radius 2 is 1.89 bits per heavy atom. The standard InChI is InChI=1S/C23H37N3O2/c1-20(17-25-12-14-28-15-13-25)26(18-22-10-6-3-7-11-22)19-23(27)24-16-21-8-4-2-5-9-21/h3,6-7,10-11,20-21H,2,4-5,8-9,12-19H2,1H3,(H,24,27). The number of nitrogens with zero attached hydrogens (tertiary/aromatic N) is 2. The van der Waals surface area contributed by atoms with E-state index < -0.39 is 0 Å². The van der Waals surface area contributed by atoms with Crippen LogP contribution in [-0.4, -0.2) is 67.7 Å². The highest BCUT2D eigenvalue weighted by Crippen LogP contribution is 2.22. The summed E-state index contributed by atoms with van der Waals surface area (Å²) >= 11 is 0. The number of amides is 1. The van der Waals surface area contributed by atoms with Gasteiger partial charge in [-0.15, -0.1) is 0 Å². The maximum absolute atomic E-state index is 12.7. The second-order valence-electron chi connectivity index (χ2n) is 8.46. The smallest absolute Gasteiger partial charge is 0.234 e. The predicted molar refractivity (Wildman–Crippen MR) is 113 cm³/mol. The summed E-state index contributed by atoms with van der Waals surface area (Å²) in [5, 5.41) is 3.21. The molecule has 0 radical (unpaired) electrons. The molecule has 1 amide bonds. The molecule has 1 aromatic carbocycles. The molecular weight excluding hydrogens is 350 g/mol. The molecule has 1 aromatic rings. The van der Waals surface area contributed by atoms with Crippen molar-refractivity contribution < 1.29 is 9.53 Å². The Labute approximate surface area is 170 Å². The highest BCUT2D eigenvalue weighted by Gasteiger charge is 2.22. The lowest BCUT2D eigenvalue weighted by Gasteiger charge is -2.35. The van der Waals surface area contributed by atoms with E-state index in [0.29, 0.717) is 18.5 Å². The molecule has 0 aromatic heterocycles. The van der Waals surface area contributed by atoms with Gasteiger partial charge in [0.25, 0.3) is 0 Å². The molecule has 5 nitrogen and oxygen atoms in total. The van der Waals surface area contributed by atoms with Crippen molar-refractivity contribution in [2.24, 2.45) is 5.92 Å². The molecular formula is C23H37N3O2. The summed E-state index contributed by atoms with van der Waals surface area (Å²) in [7, 11) is 0. The van der Waals surface area contributed by atoms with Crippen molar-refractivity contribution in [1.29, 1.82) is 0 Å². The SMILES string of the molecule is CC(CN1CCOCC1)N(CC(=O)NCC1CCCCC1)Cc1ccccc1. The maximum Gasteiger partial charge on any atom is 0.234 e. The molecule has 1 N–H and O–H groups in total. The van der Waals surface area contributed by atoms with Crippen LogP contribution in [0.2, 0.25) is 0 Å². The molecule has 1 unspecified atom stereocenters. The summed E-state index contributed by atoms with van der Waals surface area (Å²) < 4.78 is 5.47. The average Bonchev–Trinajstić information content (AvgIpc) is 2.74. The van der Waals surface area contributed by atoms with Crippen LogP contribution in [0.4, 0.5) is 0 Å². The third kappa shape index (κ3) is 7.19. The lowest BCUT2D eigenvalue weighted by molar-refractivity contribution is -0.123. The topological polar surface area (TPSA) is 44.8 Å². The van der Waals surface area contributed by atoms with Crippen LogP contribution in [0, 0.1) is 5.92 Å². The third-order valence-corrected chi connectivity index (χ3v) is 6.14. The van der Waals surface area contributed by atoms with Gasteiger partial charge in [0.15, 0.2) is 0 Å². The second-order valence-corrected chi connectivity index (χ2v) is 8.46. The molecule has 1 aliphatic heterocycles. The van der Waals surface area contributed by atoms with E-state index in [2.05, 4.69) is 46.3 Å². The van der Waals surface area contributed by atoms with Crippen LogP contribution in [-0.2, 0) is 16.1 Å². The minimum absolute atomic E-state index is 0.162. The van der Waals surface area contributed by atoms with Crippen LogP contribution in [0.15, 0.2) is 30.3 Å². The zero-order chi connectivity index (χ0) is 19.6. The zero-order valence-electron chi connectivity index (χ0n) is 17.4. The molecule has 5 heteroatoms. The Bertz CT molecular complexity index is 568. The van der Waals surface area contributed by atoms with Gasteiger partial charge in [-0.05, 0) is 31.2 Å². The minimum Gasteiger partial charge on any atom is -0.379 e. The molecule has 1 aliphatic carbocycles. The van der Waals surface area contributed by atoms with Gasteiger partial charge in [-0.25, -0.2) is 0 Å². The monoisotopic (exact) mass is 387 g/mol. The Balaban J connectivity index is 1.53. The summed E-state index contributed by atoms with van der Waals surface area (Å²) in [6.45, 7) is 8.93. The van der Waals surface area contributed by atoms with E-state index in [1.54, 1.807) is 0 Å². The first-order valence-corrected chi connectivity index (χ1v) is 11.1. The van der Waals surface area contributed by atoms with Gasteiger partial charge in [-0.2, -0.15) is 0 Å². The van der Waals surface area contributed by atoms with Crippen LogP contribution < -0.4 is 5.32 Å². The van der Waals surface area contributed by atoms with Gasteiger partial charge in [-0.1, -0.05) is 49.6 Å². The third-order valence-electron chi connectivity index (χ3n) is 6.14. The molecule has 2 fully saturated rings. The fraction of sp³-hybridized carbons (Fsp3) is 0.696. The van der Waals surface area contributed by atoms with Crippen LogP contribution in [0.5, 0.6) is 0 Å². The Hall–Kier alpha value is -1.43.